The van der Waals surface area contributed by atoms with Gasteiger partial charge in [-0.15, -0.1) is 0 Å². The molecule has 1 aliphatic heterocycles. The lowest BCUT2D eigenvalue weighted by molar-refractivity contribution is -0.154. The molecule has 3 atom stereocenters. The van der Waals surface area contributed by atoms with Crippen molar-refractivity contribution in [3.05, 3.63) is 0 Å². The van der Waals surface area contributed by atoms with Gasteiger partial charge in [0.15, 0.2) is 12.4 Å². The van der Waals surface area contributed by atoms with Crippen LogP contribution in [0.4, 0.5) is 0 Å². The van der Waals surface area contributed by atoms with Crippen LogP contribution in [0.1, 0.15) is 12.8 Å². The molecule has 16 heavy (non-hydrogen) atoms. The van der Waals surface area contributed by atoms with Crippen molar-refractivity contribution >= 4 is 11.9 Å². The zero-order valence-electron chi connectivity index (χ0n) is 8.92. The number of aliphatic carboxylic acids is 1. The van der Waals surface area contributed by atoms with Crippen LogP contribution in [0.25, 0.3) is 0 Å². The van der Waals surface area contributed by atoms with Gasteiger partial charge in [-0.25, -0.2) is 4.79 Å². The maximum atomic E-state index is 11.1. The van der Waals surface area contributed by atoms with E-state index < -0.39 is 30.4 Å². The maximum Gasteiger partial charge on any atom is 0.337 e. The summed E-state index contributed by atoms with van der Waals surface area (Å²) < 4.78 is 14.8. The Morgan fingerprint density at radius 2 is 2.31 bits per heavy atom. The normalized spacial score (nSPS) is 26.4. The van der Waals surface area contributed by atoms with Gasteiger partial charge in [-0.2, -0.15) is 0 Å². The second-order valence-corrected chi connectivity index (χ2v) is 3.43. The zero-order valence-corrected chi connectivity index (χ0v) is 8.92. The van der Waals surface area contributed by atoms with E-state index in [-0.39, 0.29) is 13.0 Å². The van der Waals surface area contributed by atoms with Crippen LogP contribution in [-0.4, -0.2) is 49.2 Å². The molecule has 0 aromatic carbocycles. The summed E-state index contributed by atoms with van der Waals surface area (Å²) in [6.45, 7) is 0.125. The number of ether oxygens (including phenoxy) is 3. The molecule has 0 aromatic heterocycles. The highest BCUT2D eigenvalue weighted by atomic mass is 16.7. The summed E-state index contributed by atoms with van der Waals surface area (Å²) in [7, 11) is 1.26. The highest BCUT2D eigenvalue weighted by Crippen LogP contribution is 2.17. The second-order valence-electron chi connectivity index (χ2n) is 3.43. The smallest absolute Gasteiger partial charge is 0.337 e. The number of nitrogens with two attached hydrogens (primary N) is 1. The number of esters is 1. The molecular formula is C9H15NO6. The Morgan fingerprint density at radius 3 is 2.88 bits per heavy atom. The van der Waals surface area contributed by atoms with Crippen LogP contribution in [0.5, 0.6) is 0 Å². The molecule has 3 N–H and O–H groups in total. The van der Waals surface area contributed by atoms with Crippen molar-refractivity contribution in [1.82, 2.24) is 0 Å². The minimum absolute atomic E-state index is 0.125. The molecule has 0 amide bonds. The van der Waals surface area contributed by atoms with Gasteiger partial charge in [-0.1, -0.05) is 0 Å². The van der Waals surface area contributed by atoms with Crippen LogP contribution >= 0.6 is 0 Å². The van der Waals surface area contributed by atoms with Crippen molar-refractivity contribution in [2.24, 2.45) is 5.73 Å². The number of rotatable bonds is 5. The number of carbonyl (C=O) groups excluding carboxylic acids is 1. The number of carbonyl (C=O) groups is 2. The molecule has 1 aliphatic rings. The van der Waals surface area contributed by atoms with Crippen molar-refractivity contribution in [1.29, 1.82) is 0 Å². The Kier molecular flexibility index (Phi) is 4.66. The van der Waals surface area contributed by atoms with Gasteiger partial charge in [0.1, 0.15) is 6.04 Å². The summed E-state index contributed by atoms with van der Waals surface area (Å²) in [5.74, 6) is -1.56. The van der Waals surface area contributed by atoms with Crippen LogP contribution in [0.3, 0.4) is 0 Å². The molecule has 7 heteroatoms. The Morgan fingerprint density at radius 1 is 1.62 bits per heavy atom. The van der Waals surface area contributed by atoms with E-state index in [9.17, 15) is 9.59 Å². The van der Waals surface area contributed by atoms with Crippen LogP contribution in [0.2, 0.25) is 0 Å². The summed E-state index contributed by atoms with van der Waals surface area (Å²) in [5, 5.41) is 8.55. The van der Waals surface area contributed by atoms with E-state index >= 15 is 0 Å². The number of hydrogen-bond donors (Lipinski definition) is 2. The fraction of sp³-hybridized carbons (Fsp3) is 0.778. The van der Waals surface area contributed by atoms with Crippen LogP contribution in [-0.2, 0) is 23.8 Å². The molecule has 0 saturated carbocycles. The molecule has 1 unspecified atom stereocenters. The van der Waals surface area contributed by atoms with E-state index in [1.54, 1.807) is 0 Å². The van der Waals surface area contributed by atoms with Crippen LogP contribution in [0.15, 0.2) is 0 Å². The van der Waals surface area contributed by atoms with Crippen LogP contribution < -0.4 is 5.73 Å². The third-order valence-electron chi connectivity index (χ3n) is 2.24. The summed E-state index contributed by atoms with van der Waals surface area (Å²) in [5.41, 5.74) is 5.31. The maximum absolute atomic E-state index is 11.1. The molecule has 1 rings (SSSR count). The Hall–Kier alpha value is -1.18. The predicted molar refractivity (Wildman–Crippen MR) is 51.5 cm³/mol. The van der Waals surface area contributed by atoms with Crippen LogP contribution in [0, 0.1) is 0 Å². The third kappa shape index (κ3) is 3.44. The highest BCUT2D eigenvalue weighted by molar-refractivity contribution is 5.75. The summed E-state index contributed by atoms with van der Waals surface area (Å²) in [4.78, 5) is 21.5. The van der Waals surface area contributed by atoms with Crippen molar-refractivity contribution in [2.75, 3.05) is 13.7 Å². The van der Waals surface area contributed by atoms with Gasteiger partial charge in [0.2, 0.25) is 0 Å². The van der Waals surface area contributed by atoms with E-state index in [1.165, 1.54) is 7.11 Å². The topological polar surface area (TPSA) is 108 Å². The fourth-order valence-electron chi connectivity index (χ4n) is 1.30. The Balaban J connectivity index is 2.26. The molecule has 0 radical (unpaired) electrons. The molecule has 1 fully saturated rings. The van der Waals surface area contributed by atoms with Gasteiger partial charge in [0.05, 0.1) is 13.7 Å². The standard InChI is InChI=1S/C9H15NO6/c1-14-9(13)6-4-15-7(16-6)3-2-5(10)8(11)12/h5-7H,2-4,10H2,1H3,(H,11,12)/t5-,6-,7?/m0/s1. The van der Waals surface area contributed by atoms with Gasteiger partial charge in [0.25, 0.3) is 0 Å². The van der Waals surface area contributed by atoms with Crippen molar-refractivity contribution < 1.29 is 28.9 Å². The van der Waals surface area contributed by atoms with E-state index in [1.807, 2.05) is 0 Å². The van der Waals surface area contributed by atoms with E-state index in [0.29, 0.717) is 6.42 Å². The minimum Gasteiger partial charge on any atom is -0.480 e. The molecular weight excluding hydrogens is 218 g/mol. The first kappa shape index (κ1) is 12.9. The highest BCUT2D eigenvalue weighted by Gasteiger charge is 2.32. The molecule has 0 aromatic rings. The zero-order chi connectivity index (χ0) is 12.1. The van der Waals surface area contributed by atoms with Gasteiger partial charge < -0.3 is 25.1 Å². The average Bonchev–Trinajstić information content (AvgIpc) is 2.73. The molecule has 0 bridgehead atoms. The number of hydrogen-bond acceptors (Lipinski definition) is 6. The number of carboxylic acids is 1. The molecule has 92 valence electrons. The second kappa shape index (κ2) is 5.78. The minimum atomic E-state index is -1.07. The largest absolute Gasteiger partial charge is 0.480 e. The fourth-order valence-corrected chi connectivity index (χ4v) is 1.30. The van der Waals surface area contributed by atoms with E-state index in [2.05, 4.69) is 4.74 Å². The number of methoxy groups -OCH3 is 1. The van der Waals surface area contributed by atoms with Crippen molar-refractivity contribution in [3.63, 3.8) is 0 Å². The molecule has 0 spiro atoms. The Bertz CT molecular complexity index is 269. The van der Waals surface area contributed by atoms with Crippen molar-refractivity contribution in [2.45, 2.75) is 31.3 Å². The first-order valence-electron chi connectivity index (χ1n) is 4.88. The number of carboxylic acid groups (broad SMARTS) is 1. The quantitative estimate of drug-likeness (QED) is 0.592. The summed E-state index contributed by atoms with van der Waals surface area (Å²) in [6, 6.07) is -0.940. The summed E-state index contributed by atoms with van der Waals surface area (Å²) in [6.07, 6.45) is -0.750. The summed E-state index contributed by atoms with van der Waals surface area (Å²) >= 11 is 0. The Labute approximate surface area is 92.5 Å². The molecule has 1 saturated heterocycles. The first-order valence-corrected chi connectivity index (χ1v) is 4.88. The lowest BCUT2D eigenvalue weighted by Crippen LogP contribution is -2.31. The van der Waals surface area contributed by atoms with E-state index in [4.69, 9.17) is 20.3 Å². The van der Waals surface area contributed by atoms with Crippen molar-refractivity contribution in [3.8, 4) is 0 Å². The van der Waals surface area contributed by atoms with Gasteiger partial charge in [-0.05, 0) is 6.42 Å². The monoisotopic (exact) mass is 233 g/mol. The SMILES string of the molecule is COC(=O)[C@@H]1COC(CC[C@H](N)C(=O)O)O1. The first-order chi connectivity index (χ1) is 7.54. The lowest BCUT2D eigenvalue weighted by atomic mass is 10.2. The van der Waals surface area contributed by atoms with E-state index in [0.717, 1.165) is 0 Å². The third-order valence-corrected chi connectivity index (χ3v) is 2.24. The average molecular weight is 233 g/mol. The molecule has 1 heterocycles. The lowest BCUT2D eigenvalue weighted by Gasteiger charge is -2.11. The van der Waals surface area contributed by atoms with Gasteiger partial charge in [-0.3, -0.25) is 4.79 Å². The molecule has 7 nitrogen and oxygen atoms in total. The van der Waals surface area contributed by atoms with Gasteiger partial charge >= 0.3 is 11.9 Å². The molecule has 0 aliphatic carbocycles. The van der Waals surface area contributed by atoms with Gasteiger partial charge in [0, 0.05) is 6.42 Å². The predicted octanol–water partition coefficient (Wildman–Crippen LogP) is -0.907.